The number of rotatable bonds is 7. The van der Waals surface area contributed by atoms with Gasteiger partial charge in [-0.1, -0.05) is 22.0 Å². The zero-order chi connectivity index (χ0) is 33.6. The monoisotopic (exact) mass is 715 g/mol. The van der Waals surface area contributed by atoms with Crippen LogP contribution in [0.1, 0.15) is 37.4 Å². The number of alkyl halides is 12. The molecular formula is C26H12BrF14NO2. The van der Waals surface area contributed by atoms with Crippen molar-refractivity contribution < 1.29 is 71.1 Å². The first-order chi connectivity index (χ1) is 19.9. The second-order valence-corrected chi connectivity index (χ2v) is 9.79. The Bertz CT molecular complexity index is 1580. The second kappa shape index (κ2) is 11.7. The molecule has 0 saturated carbocycles. The molecule has 3 aromatic rings. The summed E-state index contributed by atoms with van der Waals surface area (Å²) >= 11 is 2.27. The van der Waals surface area contributed by atoms with Crippen LogP contribution in [-0.2, 0) is 18.3 Å². The number of Topliss-reactive ketones (excluding diaryl/α,β-unsaturated/α-hetero) is 1. The second-order valence-electron chi connectivity index (χ2n) is 8.94. The highest BCUT2D eigenvalue weighted by atomic mass is 79.9. The zero-order valence-corrected chi connectivity index (χ0v) is 22.5. The van der Waals surface area contributed by atoms with Crippen LogP contribution in [0, 0.1) is 11.6 Å². The molecule has 1 unspecified atom stereocenters. The van der Waals surface area contributed by atoms with Crippen molar-refractivity contribution in [3.8, 4) is 0 Å². The molecule has 0 radical (unpaired) electrons. The maximum atomic E-state index is 15.1. The van der Waals surface area contributed by atoms with Crippen molar-refractivity contribution >= 4 is 33.3 Å². The van der Waals surface area contributed by atoms with Crippen molar-refractivity contribution in [3.63, 3.8) is 0 Å². The maximum absolute atomic E-state index is 15.1. The van der Waals surface area contributed by atoms with Crippen molar-refractivity contribution in [1.29, 1.82) is 0 Å². The number of hydrogen-bond acceptors (Lipinski definition) is 2. The molecule has 0 aliphatic carbocycles. The van der Waals surface area contributed by atoms with Crippen molar-refractivity contribution in [2.75, 3.05) is 5.32 Å². The number of carbonyl (C=O) groups is 2. The third-order valence-electron chi connectivity index (χ3n) is 6.07. The van der Waals surface area contributed by atoms with Gasteiger partial charge in [-0.15, -0.1) is 0 Å². The van der Waals surface area contributed by atoms with Crippen LogP contribution in [0.25, 0.3) is 0 Å². The lowest BCUT2D eigenvalue weighted by Gasteiger charge is -2.36. The standard InChI is InChI=1S/C26H12BrF14NO2/c27-17-9-12(22(30,25(36,37)38)24(34,35)26(39,40)41)8-16(23(31,32)33)15(17)10-19(43)14-2-1-3-18(20(14)29)42-21(44)11-4-6-13(28)7-5-11/h1-9H,10H2,(H,42,44). The molecule has 238 valence electrons. The van der Waals surface area contributed by atoms with Crippen LogP contribution in [0.4, 0.5) is 67.2 Å². The third-order valence-corrected chi connectivity index (χ3v) is 6.78. The SMILES string of the molecule is O=C(Nc1cccc(C(=O)Cc2c(Br)cc(C(F)(C(F)(F)F)C(F)(F)C(F)(F)F)cc2C(F)(F)F)c1F)c1ccc(F)cc1. The van der Waals surface area contributed by atoms with E-state index in [1.165, 1.54) is 0 Å². The highest BCUT2D eigenvalue weighted by Crippen LogP contribution is 2.59. The lowest BCUT2D eigenvalue weighted by molar-refractivity contribution is -0.389. The van der Waals surface area contributed by atoms with E-state index in [0.29, 0.717) is 0 Å². The van der Waals surface area contributed by atoms with E-state index in [-0.39, 0.29) is 5.56 Å². The van der Waals surface area contributed by atoms with Crippen molar-refractivity contribution in [3.05, 3.63) is 98.5 Å². The number of ketones is 1. The van der Waals surface area contributed by atoms with Gasteiger partial charge in [0, 0.05) is 22.0 Å². The molecule has 0 spiro atoms. The van der Waals surface area contributed by atoms with Crippen LogP contribution >= 0.6 is 15.9 Å². The Morgan fingerprint density at radius 2 is 1.32 bits per heavy atom. The number of anilines is 1. The number of hydrogen-bond donors (Lipinski definition) is 1. The molecule has 0 aliphatic heterocycles. The van der Waals surface area contributed by atoms with Gasteiger partial charge in [0.15, 0.2) is 11.6 Å². The van der Waals surface area contributed by atoms with Gasteiger partial charge >= 0.3 is 30.1 Å². The minimum absolute atomic E-state index is 0.180. The van der Waals surface area contributed by atoms with Crippen molar-refractivity contribution in [1.82, 2.24) is 0 Å². The first kappa shape index (κ1) is 34.8. The molecule has 18 heteroatoms. The van der Waals surface area contributed by atoms with Crippen LogP contribution in [0.15, 0.2) is 59.1 Å². The number of nitrogens with one attached hydrogen (secondary N) is 1. The summed E-state index contributed by atoms with van der Waals surface area (Å²) in [6.45, 7) is 0. The molecule has 1 amide bonds. The van der Waals surface area contributed by atoms with Gasteiger partial charge in [-0.25, -0.2) is 13.2 Å². The molecule has 0 heterocycles. The van der Waals surface area contributed by atoms with Gasteiger partial charge in [-0.3, -0.25) is 9.59 Å². The summed E-state index contributed by atoms with van der Waals surface area (Å²) in [6.07, 6.45) is -21.7. The van der Waals surface area contributed by atoms with Gasteiger partial charge in [0.1, 0.15) is 5.82 Å². The van der Waals surface area contributed by atoms with E-state index >= 15 is 4.39 Å². The minimum atomic E-state index is -7.28. The van der Waals surface area contributed by atoms with Crippen molar-refractivity contribution in [2.45, 2.75) is 36.5 Å². The topological polar surface area (TPSA) is 46.2 Å². The number of amides is 1. The van der Waals surface area contributed by atoms with Gasteiger partial charge in [0.05, 0.1) is 16.8 Å². The molecule has 1 N–H and O–H groups in total. The molecule has 3 nitrogen and oxygen atoms in total. The average molecular weight is 716 g/mol. The summed E-state index contributed by atoms with van der Waals surface area (Å²) in [5, 5.41) is 2.03. The lowest BCUT2D eigenvalue weighted by Crippen LogP contribution is -2.59. The Labute approximate surface area is 245 Å². The molecule has 0 aliphatic rings. The molecule has 0 bridgehead atoms. The Morgan fingerprint density at radius 1 is 0.750 bits per heavy atom. The van der Waals surface area contributed by atoms with Gasteiger partial charge in [0.2, 0.25) is 0 Å². The predicted molar refractivity (Wildman–Crippen MR) is 128 cm³/mol. The van der Waals surface area contributed by atoms with E-state index in [1.807, 2.05) is 5.32 Å². The molecular weight excluding hydrogens is 704 g/mol. The number of benzene rings is 3. The van der Waals surface area contributed by atoms with Crippen LogP contribution in [0.2, 0.25) is 0 Å². The fourth-order valence-electron chi connectivity index (χ4n) is 3.88. The molecule has 0 fully saturated rings. The van der Waals surface area contributed by atoms with E-state index in [4.69, 9.17) is 0 Å². The smallest absolute Gasteiger partial charge is 0.319 e. The van der Waals surface area contributed by atoms with E-state index < -0.39 is 104 Å². The first-order valence-electron chi connectivity index (χ1n) is 11.4. The van der Waals surface area contributed by atoms with Crippen LogP contribution in [0.3, 0.4) is 0 Å². The molecule has 3 aromatic carbocycles. The number of carbonyl (C=O) groups excluding carboxylic acids is 2. The molecule has 3 rings (SSSR count). The summed E-state index contributed by atoms with van der Waals surface area (Å²) < 4.78 is 190. The average Bonchev–Trinajstić information content (AvgIpc) is 2.88. The summed E-state index contributed by atoms with van der Waals surface area (Å²) in [5.41, 5.74) is -15.2. The summed E-state index contributed by atoms with van der Waals surface area (Å²) in [6, 6.07) is 5.01. The predicted octanol–water partition coefficient (Wildman–Crippen LogP) is 9.35. The van der Waals surface area contributed by atoms with Crippen molar-refractivity contribution in [2.24, 2.45) is 0 Å². The fraction of sp³-hybridized carbons (Fsp3) is 0.231. The quantitative estimate of drug-likeness (QED) is 0.196. The maximum Gasteiger partial charge on any atom is 0.457 e. The normalized spacial score (nSPS) is 14.2. The lowest BCUT2D eigenvalue weighted by atomic mass is 9.85. The van der Waals surface area contributed by atoms with Crippen LogP contribution in [-0.4, -0.2) is 30.0 Å². The van der Waals surface area contributed by atoms with E-state index in [2.05, 4.69) is 15.9 Å². The Hall–Kier alpha value is -3.70. The third kappa shape index (κ3) is 6.39. The zero-order valence-electron chi connectivity index (χ0n) is 20.9. The Balaban J connectivity index is 2.09. The summed E-state index contributed by atoms with van der Waals surface area (Å²) in [5.74, 6) is -12.1. The molecule has 0 saturated heterocycles. The van der Waals surface area contributed by atoms with Gasteiger partial charge < -0.3 is 5.32 Å². The molecule has 1 atom stereocenters. The highest BCUT2D eigenvalue weighted by Gasteiger charge is 2.81. The molecule has 44 heavy (non-hydrogen) atoms. The van der Waals surface area contributed by atoms with Gasteiger partial charge in [0.25, 0.3) is 5.91 Å². The first-order valence-corrected chi connectivity index (χ1v) is 12.2. The highest BCUT2D eigenvalue weighted by molar-refractivity contribution is 9.10. The van der Waals surface area contributed by atoms with Gasteiger partial charge in [-0.05, 0) is 54.1 Å². The summed E-state index contributed by atoms with van der Waals surface area (Å²) in [7, 11) is 0. The van der Waals surface area contributed by atoms with Crippen LogP contribution in [0.5, 0.6) is 0 Å². The summed E-state index contributed by atoms with van der Waals surface area (Å²) in [4.78, 5) is 25.2. The van der Waals surface area contributed by atoms with E-state index in [0.717, 1.165) is 42.5 Å². The van der Waals surface area contributed by atoms with Gasteiger partial charge in [-0.2, -0.15) is 48.3 Å². The largest absolute Gasteiger partial charge is 0.457 e. The number of halogens is 15. The minimum Gasteiger partial charge on any atom is -0.319 e. The van der Waals surface area contributed by atoms with E-state index in [9.17, 15) is 66.7 Å². The Morgan fingerprint density at radius 3 is 1.82 bits per heavy atom. The van der Waals surface area contributed by atoms with Crippen LogP contribution < -0.4 is 5.32 Å². The fourth-order valence-corrected chi connectivity index (χ4v) is 4.48. The van der Waals surface area contributed by atoms with E-state index in [1.54, 1.807) is 0 Å². The Kier molecular flexibility index (Phi) is 9.22. The molecule has 0 aromatic heterocycles.